The van der Waals surface area contributed by atoms with Crippen molar-refractivity contribution in [3.8, 4) is 0 Å². The van der Waals surface area contributed by atoms with Gasteiger partial charge >= 0.3 is 0 Å². The lowest BCUT2D eigenvalue weighted by atomic mass is 9.88. The van der Waals surface area contributed by atoms with E-state index in [-0.39, 0.29) is 23.7 Å². The number of benzene rings is 3. The van der Waals surface area contributed by atoms with Gasteiger partial charge in [-0.1, -0.05) is 47.5 Å². The van der Waals surface area contributed by atoms with Gasteiger partial charge < -0.3 is 5.32 Å². The van der Waals surface area contributed by atoms with E-state index in [2.05, 4.69) is 10.2 Å². The summed E-state index contributed by atoms with van der Waals surface area (Å²) in [6.45, 7) is 2.60. The molecule has 0 spiro atoms. The first-order chi connectivity index (χ1) is 14.8. The Kier molecular flexibility index (Phi) is 6.28. The minimum absolute atomic E-state index is 0.00119. The summed E-state index contributed by atoms with van der Waals surface area (Å²) >= 11 is 12.1. The number of hydrogen-bond acceptors (Lipinski definition) is 2. The molecule has 0 radical (unpaired) electrons. The van der Waals surface area contributed by atoms with Gasteiger partial charge in [-0.2, -0.15) is 0 Å². The zero-order chi connectivity index (χ0) is 22.1. The molecule has 2 atom stereocenters. The molecule has 1 aliphatic rings. The summed E-state index contributed by atoms with van der Waals surface area (Å²) in [6, 6.07) is 17.9. The van der Waals surface area contributed by atoms with Crippen LogP contribution in [0.2, 0.25) is 10.0 Å². The summed E-state index contributed by atoms with van der Waals surface area (Å²) in [5.74, 6) is -2.05. The molecule has 1 amide bonds. The van der Waals surface area contributed by atoms with Crippen molar-refractivity contribution in [1.82, 2.24) is 10.2 Å². The standard InChI is InChI=1S/C24H20Cl2F2N2O/c1-14-22(29-24(31)17-10-20(27)12-21(28)11-17)13-30(14)23(15-2-6-18(25)7-3-15)16-4-8-19(26)9-5-16/h2-12,14,22-23H,13H2,1H3,(H,29,31). The molecule has 1 aliphatic heterocycles. The SMILES string of the molecule is CC1C(NC(=O)c2cc(F)cc(F)c2)CN1C(c1ccc(Cl)cc1)c1ccc(Cl)cc1. The summed E-state index contributed by atoms with van der Waals surface area (Å²) in [5.41, 5.74) is 2.10. The summed E-state index contributed by atoms with van der Waals surface area (Å²) in [6.07, 6.45) is 0. The second-order valence-corrected chi connectivity index (χ2v) is 8.55. The molecule has 160 valence electrons. The first-order valence-electron chi connectivity index (χ1n) is 9.85. The van der Waals surface area contributed by atoms with E-state index in [1.165, 1.54) is 0 Å². The third-order valence-corrected chi connectivity index (χ3v) is 6.16. The second kappa shape index (κ2) is 8.95. The van der Waals surface area contributed by atoms with Gasteiger partial charge in [0.2, 0.25) is 0 Å². The van der Waals surface area contributed by atoms with Crippen LogP contribution in [0.15, 0.2) is 66.7 Å². The fourth-order valence-electron chi connectivity index (χ4n) is 3.95. The lowest BCUT2D eigenvalue weighted by molar-refractivity contribution is 0.0252. The molecule has 3 nitrogen and oxygen atoms in total. The van der Waals surface area contributed by atoms with E-state index in [9.17, 15) is 13.6 Å². The fourth-order valence-corrected chi connectivity index (χ4v) is 4.20. The van der Waals surface area contributed by atoms with Crippen LogP contribution in [0.1, 0.15) is 34.5 Å². The Morgan fingerprint density at radius 1 is 0.935 bits per heavy atom. The van der Waals surface area contributed by atoms with Gasteiger partial charge in [0, 0.05) is 34.3 Å². The van der Waals surface area contributed by atoms with Crippen LogP contribution in [-0.2, 0) is 0 Å². The summed E-state index contributed by atoms with van der Waals surface area (Å²) in [7, 11) is 0. The molecule has 0 aliphatic carbocycles. The normalized spacial score (nSPS) is 18.6. The highest BCUT2D eigenvalue weighted by Gasteiger charge is 2.41. The predicted octanol–water partition coefficient (Wildman–Crippen LogP) is 5.86. The molecule has 0 saturated carbocycles. The molecule has 0 bridgehead atoms. The Bertz CT molecular complexity index is 1020. The van der Waals surface area contributed by atoms with Crippen LogP contribution < -0.4 is 5.32 Å². The van der Waals surface area contributed by atoms with Gasteiger partial charge in [0.05, 0.1) is 12.1 Å². The van der Waals surface area contributed by atoms with Crippen LogP contribution in [-0.4, -0.2) is 29.4 Å². The number of hydrogen-bond donors (Lipinski definition) is 1. The average molecular weight is 461 g/mol. The van der Waals surface area contributed by atoms with Crippen molar-refractivity contribution in [2.75, 3.05) is 6.54 Å². The first kappa shape index (κ1) is 21.8. The molecule has 3 aromatic rings. The summed E-state index contributed by atoms with van der Waals surface area (Å²) in [5, 5.41) is 4.20. The number of carbonyl (C=O) groups excluding carboxylic acids is 1. The van der Waals surface area contributed by atoms with E-state index < -0.39 is 17.5 Å². The zero-order valence-corrected chi connectivity index (χ0v) is 18.2. The summed E-state index contributed by atoms with van der Waals surface area (Å²) < 4.78 is 26.9. The highest BCUT2D eigenvalue weighted by atomic mass is 35.5. The molecule has 31 heavy (non-hydrogen) atoms. The van der Waals surface area contributed by atoms with E-state index in [0.717, 1.165) is 29.3 Å². The maximum atomic E-state index is 13.5. The van der Waals surface area contributed by atoms with Crippen molar-refractivity contribution >= 4 is 29.1 Å². The van der Waals surface area contributed by atoms with Crippen molar-refractivity contribution in [3.63, 3.8) is 0 Å². The number of likely N-dealkylation sites (tertiary alicyclic amines) is 1. The van der Waals surface area contributed by atoms with Crippen LogP contribution in [0.4, 0.5) is 8.78 Å². The van der Waals surface area contributed by atoms with Crippen molar-refractivity contribution in [2.24, 2.45) is 0 Å². The fraction of sp³-hybridized carbons (Fsp3) is 0.208. The van der Waals surface area contributed by atoms with E-state index >= 15 is 0 Å². The molecule has 1 N–H and O–H groups in total. The summed E-state index contributed by atoms with van der Waals surface area (Å²) in [4.78, 5) is 14.8. The van der Waals surface area contributed by atoms with E-state index in [0.29, 0.717) is 16.6 Å². The van der Waals surface area contributed by atoms with E-state index in [1.807, 2.05) is 55.5 Å². The van der Waals surface area contributed by atoms with Gasteiger partial charge in [0.25, 0.3) is 5.91 Å². The topological polar surface area (TPSA) is 32.3 Å². The second-order valence-electron chi connectivity index (χ2n) is 7.68. The Hall–Kier alpha value is -2.47. The minimum atomic E-state index is -0.779. The minimum Gasteiger partial charge on any atom is -0.346 e. The van der Waals surface area contributed by atoms with Crippen LogP contribution >= 0.6 is 23.2 Å². The molecule has 4 rings (SSSR count). The van der Waals surface area contributed by atoms with Crippen molar-refractivity contribution in [2.45, 2.75) is 25.0 Å². The molecular weight excluding hydrogens is 441 g/mol. The quantitative estimate of drug-likeness (QED) is 0.516. The van der Waals surface area contributed by atoms with E-state index in [1.54, 1.807) is 0 Å². The lowest BCUT2D eigenvalue weighted by Crippen LogP contribution is -2.66. The Morgan fingerprint density at radius 2 is 1.42 bits per heavy atom. The maximum Gasteiger partial charge on any atom is 0.251 e. The third kappa shape index (κ3) is 4.74. The first-order valence-corrected chi connectivity index (χ1v) is 10.6. The number of halogens is 4. The molecule has 0 aromatic heterocycles. The zero-order valence-electron chi connectivity index (χ0n) is 16.7. The Balaban J connectivity index is 1.53. The molecule has 3 aromatic carbocycles. The number of carbonyl (C=O) groups is 1. The van der Waals surface area contributed by atoms with Gasteiger partial charge in [0.1, 0.15) is 11.6 Å². The van der Waals surface area contributed by atoms with Gasteiger partial charge in [-0.3, -0.25) is 9.69 Å². The monoisotopic (exact) mass is 460 g/mol. The number of rotatable bonds is 5. The van der Waals surface area contributed by atoms with Crippen molar-refractivity contribution in [3.05, 3.63) is 105 Å². The average Bonchev–Trinajstić information content (AvgIpc) is 2.74. The Labute approximate surface area is 189 Å². The number of nitrogens with one attached hydrogen (secondary N) is 1. The van der Waals surface area contributed by atoms with Crippen LogP contribution in [0.25, 0.3) is 0 Å². The molecule has 1 saturated heterocycles. The third-order valence-electron chi connectivity index (χ3n) is 5.66. The number of amides is 1. The van der Waals surface area contributed by atoms with Crippen molar-refractivity contribution in [1.29, 1.82) is 0 Å². The van der Waals surface area contributed by atoms with Gasteiger partial charge in [-0.05, 0) is 54.4 Å². The molecule has 7 heteroatoms. The lowest BCUT2D eigenvalue weighted by Gasteiger charge is -2.51. The van der Waals surface area contributed by atoms with Crippen molar-refractivity contribution < 1.29 is 13.6 Å². The number of nitrogens with zero attached hydrogens (tertiary/aromatic N) is 1. The smallest absolute Gasteiger partial charge is 0.251 e. The maximum absolute atomic E-state index is 13.5. The Morgan fingerprint density at radius 3 is 1.87 bits per heavy atom. The largest absolute Gasteiger partial charge is 0.346 e. The van der Waals surface area contributed by atoms with Gasteiger partial charge in [0.15, 0.2) is 0 Å². The highest BCUT2D eigenvalue weighted by Crippen LogP contribution is 2.36. The van der Waals surface area contributed by atoms with E-state index in [4.69, 9.17) is 23.2 Å². The molecule has 1 heterocycles. The van der Waals surface area contributed by atoms with Crippen LogP contribution in [0.5, 0.6) is 0 Å². The molecule has 1 fully saturated rings. The van der Waals surface area contributed by atoms with Gasteiger partial charge in [-0.25, -0.2) is 8.78 Å². The van der Waals surface area contributed by atoms with Gasteiger partial charge in [-0.15, -0.1) is 0 Å². The predicted molar refractivity (Wildman–Crippen MR) is 119 cm³/mol. The van der Waals surface area contributed by atoms with Crippen LogP contribution in [0, 0.1) is 11.6 Å². The molecule has 2 unspecified atom stereocenters. The molecular formula is C24H20Cl2F2N2O. The highest BCUT2D eigenvalue weighted by molar-refractivity contribution is 6.30. The van der Waals surface area contributed by atoms with Crippen LogP contribution in [0.3, 0.4) is 0 Å².